The summed E-state index contributed by atoms with van der Waals surface area (Å²) in [4.78, 5) is 12.8. The molecule has 0 unspecified atom stereocenters. The maximum Gasteiger partial charge on any atom is 0.310 e. The highest BCUT2D eigenvalue weighted by Crippen LogP contribution is 2.75. The van der Waals surface area contributed by atoms with Crippen molar-refractivity contribution in [2.45, 2.75) is 118 Å². The van der Waals surface area contributed by atoms with Crippen LogP contribution >= 0.6 is 0 Å². The second-order valence-electron chi connectivity index (χ2n) is 15.0. The lowest BCUT2D eigenvalue weighted by Gasteiger charge is -2.71. The molecule has 5 aliphatic carbocycles. The molecular formula is C30H48O4. The van der Waals surface area contributed by atoms with Crippen LogP contribution in [0.5, 0.6) is 0 Å². The van der Waals surface area contributed by atoms with E-state index in [2.05, 4.69) is 54.5 Å². The predicted molar refractivity (Wildman–Crippen MR) is 134 cm³/mol. The second kappa shape index (κ2) is 7.12. The largest absolute Gasteiger partial charge is 0.481 e. The topological polar surface area (TPSA) is 77.8 Å². The average molecular weight is 473 g/mol. The number of fused-ring (bicyclic) bond motifs is 7. The van der Waals surface area contributed by atoms with Crippen LogP contribution in [0.4, 0.5) is 0 Å². The van der Waals surface area contributed by atoms with E-state index in [9.17, 15) is 20.1 Å². The van der Waals surface area contributed by atoms with E-state index >= 15 is 0 Å². The van der Waals surface area contributed by atoms with Gasteiger partial charge in [0.1, 0.15) is 0 Å². The van der Waals surface area contributed by atoms with Gasteiger partial charge in [0.05, 0.1) is 17.6 Å². The number of aliphatic carboxylic acids is 1. The van der Waals surface area contributed by atoms with Crippen LogP contribution in [0.15, 0.2) is 11.6 Å². The van der Waals surface area contributed by atoms with Crippen molar-refractivity contribution in [3.8, 4) is 0 Å². The highest BCUT2D eigenvalue weighted by molar-refractivity contribution is 5.77. The third-order valence-electron chi connectivity index (χ3n) is 13.3. The van der Waals surface area contributed by atoms with Crippen molar-refractivity contribution < 1.29 is 20.1 Å². The molecule has 0 spiro atoms. The lowest BCUT2D eigenvalue weighted by molar-refractivity contribution is -0.212. The molecule has 0 amide bonds. The van der Waals surface area contributed by atoms with Crippen molar-refractivity contribution in [1.29, 1.82) is 0 Å². The molecule has 9 atom stereocenters. The summed E-state index contributed by atoms with van der Waals surface area (Å²) in [5, 5.41) is 33.1. The first kappa shape index (κ1) is 24.8. The second-order valence-corrected chi connectivity index (χ2v) is 15.0. The summed E-state index contributed by atoms with van der Waals surface area (Å²) in [5.74, 6) is 0.0213. The number of aliphatic hydroxyl groups is 2. The van der Waals surface area contributed by atoms with Crippen LogP contribution < -0.4 is 0 Å². The normalized spacial score (nSPS) is 53.4. The molecule has 0 radical (unpaired) electrons. The highest BCUT2D eigenvalue weighted by Gasteiger charge is 2.70. The van der Waals surface area contributed by atoms with Gasteiger partial charge in [0.15, 0.2) is 0 Å². The van der Waals surface area contributed by atoms with Gasteiger partial charge in [0.25, 0.3) is 0 Å². The Morgan fingerprint density at radius 1 is 0.853 bits per heavy atom. The van der Waals surface area contributed by atoms with Crippen molar-refractivity contribution in [2.24, 2.45) is 50.2 Å². The van der Waals surface area contributed by atoms with Gasteiger partial charge in [-0.3, -0.25) is 4.79 Å². The first-order valence-electron chi connectivity index (χ1n) is 13.9. The number of hydrogen-bond acceptors (Lipinski definition) is 3. The van der Waals surface area contributed by atoms with Gasteiger partial charge in [-0.25, -0.2) is 0 Å². The highest BCUT2D eigenvalue weighted by atomic mass is 16.4. The van der Waals surface area contributed by atoms with Crippen molar-refractivity contribution in [1.82, 2.24) is 0 Å². The Labute approximate surface area is 206 Å². The van der Waals surface area contributed by atoms with E-state index in [1.54, 1.807) is 0 Å². The summed E-state index contributed by atoms with van der Waals surface area (Å²) < 4.78 is 0. The zero-order valence-corrected chi connectivity index (χ0v) is 22.6. The summed E-state index contributed by atoms with van der Waals surface area (Å²) >= 11 is 0. The van der Waals surface area contributed by atoms with Crippen LogP contribution in [0.3, 0.4) is 0 Å². The minimum absolute atomic E-state index is 0.0756. The van der Waals surface area contributed by atoms with E-state index in [0.717, 1.165) is 44.9 Å². The Morgan fingerprint density at radius 3 is 2.15 bits per heavy atom. The molecule has 0 aromatic carbocycles. The van der Waals surface area contributed by atoms with E-state index in [1.807, 2.05) is 0 Å². The summed E-state index contributed by atoms with van der Waals surface area (Å²) in [7, 11) is 0. The molecule has 0 heterocycles. The fraction of sp³-hybridized carbons (Fsp3) is 0.900. The van der Waals surface area contributed by atoms with Gasteiger partial charge < -0.3 is 15.3 Å². The monoisotopic (exact) mass is 472 g/mol. The van der Waals surface area contributed by atoms with Gasteiger partial charge in [-0.15, -0.1) is 0 Å². The van der Waals surface area contributed by atoms with Gasteiger partial charge >= 0.3 is 5.97 Å². The van der Waals surface area contributed by atoms with E-state index < -0.39 is 17.5 Å². The maximum atomic E-state index is 12.8. The van der Waals surface area contributed by atoms with Crippen LogP contribution in [0, 0.1) is 50.2 Å². The molecule has 192 valence electrons. The van der Waals surface area contributed by atoms with Crippen molar-refractivity contribution in [2.75, 3.05) is 0 Å². The predicted octanol–water partition coefficient (Wildman–Crippen LogP) is 6.20. The number of rotatable bonds is 1. The van der Waals surface area contributed by atoms with Crippen molar-refractivity contribution in [3.63, 3.8) is 0 Å². The van der Waals surface area contributed by atoms with Crippen LogP contribution in [0.2, 0.25) is 0 Å². The molecule has 34 heavy (non-hydrogen) atoms. The van der Waals surface area contributed by atoms with Crippen LogP contribution in [-0.4, -0.2) is 33.5 Å². The van der Waals surface area contributed by atoms with E-state index in [0.29, 0.717) is 24.7 Å². The Kier molecular flexibility index (Phi) is 5.20. The summed E-state index contributed by atoms with van der Waals surface area (Å²) in [5.41, 5.74) is 0.238. The lowest BCUT2D eigenvalue weighted by Crippen LogP contribution is -2.66. The zero-order chi connectivity index (χ0) is 25.1. The fourth-order valence-electron chi connectivity index (χ4n) is 10.6. The third kappa shape index (κ3) is 2.76. The molecule has 0 bridgehead atoms. The molecule has 4 saturated carbocycles. The number of carbonyl (C=O) groups is 1. The molecule has 3 N–H and O–H groups in total. The Bertz CT molecular complexity index is 919. The Hall–Kier alpha value is -0.870. The smallest absolute Gasteiger partial charge is 0.310 e. The van der Waals surface area contributed by atoms with Gasteiger partial charge in [-0.1, -0.05) is 60.1 Å². The molecule has 0 saturated heterocycles. The minimum Gasteiger partial charge on any atom is -0.481 e. The number of hydrogen-bond donors (Lipinski definition) is 3. The van der Waals surface area contributed by atoms with Gasteiger partial charge in [-0.2, -0.15) is 0 Å². The number of carboxylic acid groups (broad SMARTS) is 1. The SMILES string of the molecule is CC1(C)CC[C@]2(C(=O)O)CC[C@]3(C)C(=CC[C@@H]4[C@@]5(C)CC[C@H](O)C(C)(C)[C@@H]5CC[C@]43C)[C@@H]2[C@@H]1O. The first-order chi connectivity index (χ1) is 15.6. The van der Waals surface area contributed by atoms with E-state index in [-0.39, 0.29) is 39.1 Å². The van der Waals surface area contributed by atoms with Gasteiger partial charge in [0, 0.05) is 5.92 Å². The standard InChI is InChI=1S/C30H48O4/c1-25(2)14-16-30(24(33)34)17-15-28(6)18(22(30)23(25)32)8-9-20-27(5)12-11-21(31)26(3,4)19(27)10-13-29(20,28)7/h8,19-23,31-32H,9-17H2,1-7H3,(H,33,34)/t19-,20+,21-,22+,23-,27-,28+,29+,30-/m0/s1. The molecule has 5 rings (SSSR count). The number of allylic oxidation sites excluding steroid dienone is 1. The van der Waals surface area contributed by atoms with Crippen LogP contribution in [0.1, 0.15) is 106 Å². The molecular weight excluding hydrogens is 424 g/mol. The van der Waals surface area contributed by atoms with Crippen molar-refractivity contribution >= 4 is 5.97 Å². The zero-order valence-electron chi connectivity index (χ0n) is 22.6. The number of carboxylic acids is 1. The average Bonchev–Trinajstić information content (AvgIpc) is 2.74. The lowest BCUT2D eigenvalue weighted by atomic mass is 9.33. The third-order valence-corrected chi connectivity index (χ3v) is 13.3. The molecule has 4 heteroatoms. The van der Waals surface area contributed by atoms with E-state index in [4.69, 9.17) is 0 Å². The molecule has 0 aromatic heterocycles. The molecule has 4 fully saturated rings. The maximum absolute atomic E-state index is 12.8. The molecule has 5 aliphatic rings. The minimum atomic E-state index is -0.832. The molecule has 4 nitrogen and oxygen atoms in total. The summed E-state index contributed by atoms with van der Waals surface area (Å²) in [6, 6.07) is 0. The Balaban J connectivity index is 1.62. The first-order valence-corrected chi connectivity index (χ1v) is 13.9. The van der Waals surface area contributed by atoms with Crippen LogP contribution in [-0.2, 0) is 4.79 Å². The van der Waals surface area contributed by atoms with E-state index in [1.165, 1.54) is 5.57 Å². The van der Waals surface area contributed by atoms with Gasteiger partial charge in [0.2, 0.25) is 0 Å². The van der Waals surface area contributed by atoms with Gasteiger partial charge in [-0.05, 0) is 96.7 Å². The Morgan fingerprint density at radius 2 is 1.50 bits per heavy atom. The fourth-order valence-corrected chi connectivity index (χ4v) is 10.6. The molecule has 0 aromatic rings. The summed E-state index contributed by atoms with van der Waals surface area (Å²) in [6.45, 7) is 16.2. The molecule has 0 aliphatic heterocycles. The van der Waals surface area contributed by atoms with Crippen molar-refractivity contribution in [3.05, 3.63) is 11.6 Å². The quantitative estimate of drug-likeness (QED) is 0.397. The summed E-state index contributed by atoms with van der Waals surface area (Å²) in [6.07, 6.45) is 9.70. The number of aliphatic hydroxyl groups excluding tert-OH is 2. The van der Waals surface area contributed by atoms with Crippen LogP contribution in [0.25, 0.3) is 0 Å².